The molecule has 1 aliphatic rings. The Bertz CT molecular complexity index is 113. The molecule has 3 heteroatoms. The Labute approximate surface area is 47.5 Å². The summed E-state index contributed by atoms with van der Waals surface area (Å²) in [5.41, 5.74) is 5.20. The summed E-state index contributed by atoms with van der Waals surface area (Å²) >= 11 is 0. The van der Waals surface area contributed by atoms with Gasteiger partial charge in [-0.15, -0.1) is 0 Å². The van der Waals surface area contributed by atoms with Crippen molar-refractivity contribution in [3.63, 3.8) is 0 Å². The summed E-state index contributed by atoms with van der Waals surface area (Å²) in [5.74, 6) is -0.548. The normalized spacial score (nSPS) is 34.6. The fourth-order valence-electron chi connectivity index (χ4n) is 0.811. The number of hydrogen-bond donors (Lipinski definition) is 2. The molecule has 1 rings (SSSR count). The first-order chi connectivity index (χ1) is 3.75. The van der Waals surface area contributed by atoms with Crippen LogP contribution in [0.1, 0.15) is 6.42 Å². The van der Waals surface area contributed by atoms with Crippen LogP contribution in [0.2, 0.25) is 0 Å². The zero-order chi connectivity index (χ0) is 6.15. The van der Waals surface area contributed by atoms with E-state index in [9.17, 15) is 4.79 Å². The summed E-state index contributed by atoms with van der Waals surface area (Å²) < 4.78 is 0. The van der Waals surface area contributed by atoms with Crippen molar-refractivity contribution in [2.45, 2.75) is 6.42 Å². The van der Waals surface area contributed by atoms with Crippen molar-refractivity contribution >= 4 is 5.97 Å². The van der Waals surface area contributed by atoms with Crippen molar-refractivity contribution in [2.75, 3.05) is 6.54 Å². The summed E-state index contributed by atoms with van der Waals surface area (Å²) in [4.78, 5) is 10.1. The molecule has 1 saturated carbocycles. The molecule has 0 unspecified atom stereocenters. The average molecular weight is 115 g/mol. The van der Waals surface area contributed by atoms with Crippen LogP contribution in [0.4, 0.5) is 0 Å². The molecule has 0 aromatic rings. The molecule has 0 radical (unpaired) electrons. The number of carbonyl (C=O) groups is 1. The smallest absolute Gasteiger partial charge is 0.306 e. The maximum absolute atomic E-state index is 10.1. The topological polar surface area (TPSA) is 63.3 Å². The molecule has 0 spiro atoms. The van der Waals surface area contributed by atoms with Gasteiger partial charge in [0.25, 0.3) is 0 Å². The van der Waals surface area contributed by atoms with Gasteiger partial charge in [0.2, 0.25) is 0 Å². The molecule has 0 heterocycles. The average Bonchev–Trinajstić information content (AvgIpc) is 2.42. The molecule has 0 aromatic heterocycles. The molecule has 46 valence electrons. The molecule has 2 atom stereocenters. The third kappa shape index (κ3) is 0.816. The predicted octanol–water partition coefficient (Wildman–Crippen LogP) is -0.334. The zero-order valence-electron chi connectivity index (χ0n) is 4.50. The summed E-state index contributed by atoms with van der Waals surface area (Å²) in [6.45, 7) is 0.525. The second kappa shape index (κ2) is 1.74. The van der Waals surface area contributed by atoms with Crippen LogP contribution in [0.5, 0.6) is 0 Å². The van der Waals surface area contributed by atoms with Crippen LogP contribution in [0.25, 0.3) is 0 Å². The molecule has 0 saturated heterocycles. The minimum atomic E-state index is -0.694. The van der Waals surface area contributed by atoms with E-state index < -0.39 is 5.97 Å². The Kier molecular flexibility index (Phi) is 1.21. The SMILES string of the molecule is NC[C@H]1C[C@@H]1C(=O)O. The van der Waals surface area contributed by atoms with Gasteiger partial charge in [0.15, 0.2) is 0 Å². The first-order valence-corrected chi connectivity index (χ1v) is 2.68. The summed E-state index contributed by atoms with van der Waals surface area (Å²) in [6, 6.07) is 0. The fraction of sp³-hybridized carbons (Fsp3) is 0.800. The monoisotopic (exact) mass is 115 g/mol. The highest BCUT2D eigenvalue weighted by atomic mass is 16.4. The second-order valence-electron chi connectivity index (χ2n) is 2.18. The van der Waals surface area contributed by atoms with Crippen molar-refractivity contribution in [1.29, 1.82) is 0 Å². The minimum absolute atomic E-state index is 0.125. The number of carboxylic acids is 1. The number of carboxylic acid groups (broad SMARTS) is 1. The van der Waals surface area contributed by atoms with Gasteiger partial charge in [0.1, 0.15) is 0 Å². The molecule has 0 amide bonds. The molecule has 3 N–H and O–H groups in total. The van der Waals surface area contributed by atoms with E-state index in [1.165, 1.54) is 0 Å². The molecule has 3 nitrogen and oxygen atoms in total. The lowest BCUT2D eigenvalue weighted by molar-refractivity contribution is -0.138. The number of nitrogens with two attached hydrogens (primary N) is 1. The van der Waals surface area contributed by atoms with E-state index in [1.807, 2.05) is 0 Å². The predicted molar refractivity (Wildman–Crippen MR) is 28.3 cm³/mol. The maximum Gasteiger partial charge on any atom is 0.306 e. The first kappa shape index (κ1) is 5.56. The van der Waals surface area contributed by atoms with E-state index in [-0.39, 0.29) is 11.8 Å². The van der Waals surface area contributed by atoms with E-state index >= 15 is 0 Å². The van der Waals surface area contributed by atoms with E-state index in [0.29, 0.717) is 6.54 Å². The van der Waals surface area contributed by atoms with E-state index in [4.69, 9.17) is 10.8 Å². The Morgan fingerprint density at radius 2 is 2.50 bits per heavy atom. The van der Waals surface area contributed by atoms with Crippen molar-refractivity contribution in [2.24, 2.45) is 17.6 Å². The second-order valence-corrected chi connectivity index (χ2v) is 2.18. The van der Waals surface area contributed by atoms with Crippen LogP contribution in [-0.2, 0) is 4.79 Å². The Morgan fingerprint density at radius 3 is 2.62 bits per heavy atom. The van der Waals surface area contributed by atoms with Crippen molar-refractivity contribution in [3.05, 3.63) is 0 Å². The van der Waals surface area contributed by atoms with E-state index in [2.05, 4.69) is 0 Å². The van der Waals surface area contributed by atoms with Crippen LogP contribution in [-0.4, -0.2) is 17.6 Å². The molecule has 0 aliphatic heterocycles. The Hall–Kier alpha value is -0.570. The lowest BCUT2D eigenvalue weighted by Gasteiger charge is -1.85. The third-order valence-corrected chi connectivity index (χ3v) is 1.54. The standard InChI is InChI=1S/C5H9NO2/c6-2-3-1-4(3)5(7)8/h3-4H,1-2,6H2,(H,7,8)/t3-,4+/m1/s1. The molecule has 0 aromatic carbocycles. The van der Waals surface area contributed by atoms with Gasteiger partial charge in [0.05, 0.1) is 5.92 Å². The summed E-state index contributed by atoms with van der Waals surface area (Å²) in [7, 11) is 0. The number of hydrogen-bond acceptors (Lipinski definition) is 2. The molecule has 1 aliphatic carbocycles. The molecule has 0 bridgehead atoms. The highest BCUT2D eigenvalue weighted by Gasteiger charge is 2.41. The fourth-order valence-corrected chi connectivity index (χ4v) is 0.811. The lowest BCUT2D eigenvalue weighted by Crippen LogP contribution is -2.07. The van der Waals surface area contributed by atoms with E-state index in [0.717, 1.165) is 6.42 Å². The van der Waals surface area contributed by atoms with Gasteiger partial charge in [-0.25, -0.2) is 0 Å². The van der Waals surface area contributed by atoms with E-state index in [1.54, 1.807) is 0 Å². The van der Waals surface area contributed by atoms with Crippen LogP contribution in [0.15, 0.2) is 0 Å². The van der Waals surface area contributed by atoms with Gasteiger partial charge in [-0.1, -0.05) is 0 Å². The van der Waals surface area contributed by atoms with Gasteiger partial charge < -0.3 is 10.8 Å². The lowest BCUT2D eigenvalue weighted by atomic mass is 10.3. The number of aliphatic carboxylic acids is 1. The zero-order valence-corrected chi connectivity index (χ0v) is 4.50. The van der Waals surface area contributed by atoms with Gasteiger partial charge in [-0.3, -0.25) is 4.79 Å². The van der Waals surface area contributed by atoms with Crippen LogP contribution in [0, 0.1) is 11.8 Å². The van der Waals surface area contributed by atoms with Gasteiger partial charge in [0, 0.05) is 0 Å². The van der Waals surface area contributed by atoms with Crippen LogP contribution in [0.3, 0.4) is 0 Å². The Morgan fingerprint density at radius 1 is 1.88 bits per heavy atom. The quantitative estimate of drug-likeness (QED) is 0.517. The Balaban J connectivity index is 2.26. The third-order valence-electron chi connectivity index (χ3n) is 1.54. The molecular weight excluding hydrogens is 106 g/mol. The highest BCUT2D eigenvalue weighted by Crippen LogP contribution is 2.37. The maximum atomic E-state index is 10.1. The van der Waals surface area contributed by atoms with Gasteiger partial charge >= 0.3 is 5.97 Å². The summed E-state index contributed by atoms with van der Waals surface area (Å²) in [6.07, 6.45) is 0.784. The molecular formula is C5H9NO2. The minimum Gasteiger partial charge on any atom is -0.481 e. The molecule has 1 fully saturated rings. The highest BCUT2D eigenvalue weighted by molar-refractivity contribution is 5.73. The van der Waals surface area contributed by atoms with Crippen LogP contribution < -0.4 is 5.73 Å². The number of rotatable bonds is 2. The molecule has 8 heavy (non-hydrogen) atoms. The van der Waals surface area contributed by atoms with Crippen molar-refractivity contribution in [3.8, 4) is 0 Å². The largest absolute Gasteiger partial charge is 0.481 e. The van der Waals surface area contributed by atoms with Crippen molar-refractivity contribution in [1.82, 2.24) is 0 Å². The van der Waals surface area contributed by atoms with Gasteiger partial charge in [-0.2, -0.15) is 0 Å². The van der Waals surface area contributed by atoms with Gasteiger partial charge in [-0.05, 0) is 18.9 Å². The van der Waals surface area contributed by atoms with Crippen LogP contribution >= 0.6 is 0 Å². The summed E-state index contributed by atoms with van der Waals surface area (Å²) in [5, 5.41) is 8.30. The van der Waals surface area contributed by atoms with Crippen molar-refractivity contribution < 1.29 is 9.90 Å². The first-order valence-electron chi connectivity index (χ1n) is 2.68.